The number of amides is 1. The molecule has 8 heteroatoms. The van der Waals surface area contributed by atoms with Gasteiger partial charge in [-0.1, -0.05) is 68.2 Å². The molecule has 1 saturated carbocycles. The molecule has 4 nitrogen and oxygen atoms in total. The number of alkyl halides is 2. The molecule has 35 heavy (non-hydrogen) atoms. The molecule has 0 atom stereocenters. The van der Waals surface area contributed by atoms with Gasteiger partial charge in [-0.25, -0.2) is 18.7 Å². The van der Waals surface area contributed by atoms with Crippen LogP contribution in [-0.4, -0.2) is 27.8 Å². The zero-order chi connectivity index (χ0) is 25.4. The monoisotopic (exact) mass is 517 g/mol. The van der Waals surface area contributed by atoms with E-state index in [0.717, 1.165) is 11.1 Å². The van der Waals surface area contributed by atoms with Crippen molar-refractivity contribution in [3.8, 4) is 22.5 Å². The number of carbonyl (C=O) groups excluding carboxylic acids is 1. The van der Waals surface area contributed by atoms with Gasteiger partial charge in [0.1, 0.15) is 0 Å². The molecule has 1 amide bonds. The molecule has 184 valence electrons. The summed E-state index contributed by atoms with van der Waals surface area (Å²) in [5.41, 5.74) is 2.91. The van der Waals surface area contributed by atoms with Crippen LogP contribution in [-0.2, 0) is 5.41 Å². The van der Waals surface area contributed by atoms with Gasteiger partial charge in [0.15, 0.2) is 5.69 Å². The van der Waals surface area contributed by atoms with Crippen molar-refractivity contribution in [1.82, 2.24) is 15.3 Å². The third-order valence-corrected chi connectivity index (χ3v) is 6.61. The number of nitrogens with zero attached hydrogens (tertiary/aromatic N) is 2. The fourth-order valence-electron chi connectivity index (χ4n) is 4.17. The van der Waals surface area contributed by atoms with E-state index in [2.05, 4.69) is 5.32 Å². The van der Waals surface area contributed by atoms with E-state index >= 15 is 0 Å². The predicted octanol–water partition coefficient (Wildman–Crippen LogP) is 7.72. The molecular weight excluding hydrogens is 491 g/mol. The van der Waals surface area contributed by atoms with Crippen LogP contribution in [0.5, 0.6) is 0 Å². The van der Waals surface area contributed by atoms with Gasteiger partial charge in [0.05, 0.1) is 17.1 Å². The molecule has 2 aromatic carbocycles. The van der Waals surface area contributed by atoms with Crippen molar-refractivity contribution < 1.29 is 13.6 Å². The highest BCUT2D eigenvalue weighted by molar-refractivity contribution is 6.31. The average molecular weight is 518 g/mol. The molecule has 1 N–H and O–H groups in total. The number of benzene rings is 2. The third kappa shape index (κ3) is 5.99. The van der Waals surface area contributed by atoms with Gasteiger partial charge in [-0.2, -0.15) is 0 Å². The molecule has 1 aliphatic carbocycles. The normalized spacial score (nSPS) is 16.2. The highest BCUT2D eigenvalue weighted by Crippen LogP contribution is 2.36. The molecule has 4 rings (SSSR count). The first-order chi connectivity index (χ1) is 16.4. The Labute approximate surface area is 214 Å². The number of carbonyl (C=O) groups is 1. The largest absolute Gasteiger partial charge is 0.348 e. The summed E-state index contributed by atoms with van der Waals surface area (Å²) >= 11 is 12.2. The van der Waals surface area contributed by atoms with E-state index in [9.17, 15) is 13.6 Å². The summed E-state index contributed by atoms with van der Waals surface area (Å²) in [6.07, 6.45) is -0.0175. The molecule has 0 spiro atoms. The van der Waals surface area contributed by atoms with E-state index in [1.165, 1.54) is 0 Å². The molecular formula is C27H27Cl2F2N3O. The maximum Gasteiger partial charge on any atom is 0.272 e. The lowest BCUT2D eigenvalue weighted by molar-refractivity contribution is -0.0399. The van der Waals surface area contributed by atoms with Crippen LogP contribution in [0.25, 0.3) is 22.5 Å². The van der Waals surface area contributed by atoms with E-state index in [-0.39, 0.29) is 37.4 Å². The Bertz CT molecular complexity index is 1210. The maximum absolute atomic E-state index is 13.6. The molecule has 1 fully saturated rings. The van der Waals surface area contributed by atoms with Crippen molar-refractivity contribution >= 4 is 29.1 Å². The first-order valence-electron chi connectivity index (χ1n) is 11.6. The van der Waals surface area contributed by atoms with Crippen LogP contribution in [0.2, 0.25) is 10.0 Å². The first kappa shape index (κ1) is 25.5. The second-order valence-electron chi connectivity index (χ2n) is 9.99. The molecule has 0 aliphatic heterocycles. The summed E-state index contributed by atoms with van der Waals surface area (Å²) in [5, 5.41) is 4.10. The Kier molecular flexibility index (Phi) is 7.16. The Morgan fingerprint density at radius 2 is 1.34 bits per heavy atom. The second kappa shape index (κ2) is 9.82. The lowest BCUT2D eigenvalue weighted by Gasteiger charge is -2.29. The van der Waals surface area contributed by atoms with Crippen LogP contribution in [0.15, 0.2) is 48.5 Å². The van der Waals surface area contributed by atoms with Gasteiger partial charge in [0.2, 0.25) is 5.92 Å². The summed E-state index contributed by atoms with van der Waals surface area (Å²) in [6.45, 7) is 5.88. The quantitative estimate of drug-likeness (QED) is 0.385. The minimum Gasteiger partial charge on any atom is -0.348 e. The highest BCUT2D eigenvalue weighted by atomic mass is 35.5. The maximum atomic E-state index is 13.6. The lowest BCUT2D eigenvalue weighted by atomic mass is 9.88. The smallest absolute Gasteiger partial charge is 0.272 e. The Morgan fingerprint density at radius 3 is 1.80 bits per heavy atom. The topological polar surface area (TPSA) is 54.9 Å². The zero-order valence-corrected chi connectivity index (χ0v) is 21.4. The molecule has 0 saturated heterocycles. The van der Waals surface area contributed by atoms with Crippen LogP contribution < -0.4 is 5.32 Å². The predicted molar refractivity (Wildman–Crippen MR) is 136 cm³/mol. The van der Waals surface area contributed by atoms with Gasteiger partial charge in [-0.05, 0) is 37.1 Å². The van der Waals surface area contributed by atoms with E-state index in [1.54, 1.807) is 24.3 Å². The minimum atomic E-state index is -2.67. The summed E-state index contributed by atoms with van der Waals surface area (Å²) in [4.78, 5) is 23.2. The molecule has 0 unspecified atom stereocenters. The van der Waals surface area contributed by atoms with Crippen molar-refractivity contribution in [1.29, 1.82) is 0 Å². The standard InChI is InChI=1S/C27H27Cl2F2N3O/c1-26(2,3)24-23(25(35)32-20-12-14-27(30,31)15-13-20)33-21(16-4-8-18(28)9-5-16)22(34-24)17-6-10-19(29)11-7-17/h4-11,20H,12-15H2,1-3H3,(H,32,35). The Hall–Kier alpha value is -2.57. The third-order valence-electron chi connectivity index (χ3n) is 6.11. The molecule has 3 aromatic rings. The molecule has 1 heterocycles. The Balaban J connectivity index is 1.82. The van der Waals surface area contributed by atoms with Gasteiger partial charge in [0, 0.05) is 45.5 Å². The molecule has 0 bridgehead atoms. The Morgan fingerprint density at radius 1 is 0.886 bits per heavy atom. The first-order valence-corrected chi connectivity index (χ1v) is 12.3. The average Bonchev–Trinajstić information content (AvgIpc) is 2.80. The summed E-state index contributed by atoms with van der Waals surface area (Å²) in [7, 11) is 0. The highest BCUT2D eigenvalue weighted by Gasteiger charge is 2.36. The molecule has 1 aliphatic rings. The number of halogens is 4. The molecule has 1 aromatic heterocycles. The second-order valence-corrected chi connectivity index (χ2v) is 10.9. The minimum absolute atomic E-state index is 0.192. The van der Waals surface area contributed by atoms with Crippen LogP contribution in [0.4, 0.5) is 8.78 Å². The van der Waals surface area contributed by atoms with E-state index in [0.29, 0.717) is 27.1 Å². The fourth-order valence-corrected chi connectivity index (χ4v) is 4.42. The van der Waals surface area contributed by atoms with Crippen molar-refractivity contribution in [3.05, 3.63) is 70.0 Å². The number of hydrogen-bond acceptors (Lipinski definition) is 3. The summed E-state index contributed by atoms with van der Waals surface area (Å²) in [5.74, 6) is -3.07. The zero-order valence-electron chi connectivity index (χ0n) is 19.8. The summed E-state index contributed by atoms with van der Waals surface area (Å²) < 4.78 is 27.2. The van der Waals surface area contributed by atoms with Crippen molar-refractivity contribution in [2.24, 2.45) is 0 Å². The van der Waals surface area contributed by atoms with Crippen LogP contribution in [0.3, 0.4) is 0 Å². The van der Waals surface area contributed by atoms with E-state index in [4.69, 9.17) is 33.2 Å². The van der Waals surface area contributed by atoms with Crippen LogP contribution in [0.1, 0.15) is 62.6 Å². The van der Waals surface area contributed by atoms with Gasteiger partial charge in [-0.15, -0.1) is 0 Å². The molecule has 0 radical (unpaired) electrons. The van der Waals surface area contributed by atoms with E-state index in [1.807, 2.05) is 45.0 Å². The van der Waals surface area contributed by atoms with Gasteiger partial charge >= 0.3 is 0 Å². The van der Waals surface area contributed by atoms with Gasteiger partial charge < -0.3 is 5.32 Å². The summed E-state index contributed by atoms with van der Waals surface area (Å²) in [6, 6.07) is 14.1. The number of rotatable bonds is 4. The number of hydrogen-bond donors (Lipinski definition) is 1. The lowest BCUT2D eigenvalue weighted by Crippen LogP contribution is -2.41. The van der Waals surface area contributed by atoms with Crippen molar-refractivity contribution in [3.63, 3.8) is 0 Å². The van der Waals surface area contributed by atoms with Crippen molar-refractivity contribution in [2.45, 2.75) is 63.8 Å². The van der Waals surface area contributed by atoms with Crippen LogP contribution >= 0.6 is 23.2 Å². The van der Waals surface area contributed by atoms with Crippen molar-refractivity contribution in [2.75, 3.05) is 0 Å². The van der Waals surface area contributed by atoms with Crippen LogP contribution in [0, 0.1) is 0 Å². The van der Waals surface area contributed by atoms with Gasteiger partial charge in [-0.3, -0.25) is 4.79 Å². The number of aromatic nitrogens is 2. The van der Waals surface area contributed by atoms with Gasteiger partial charge in [0.25, 0.3) is 5.91 Å². The SMILES string of the molecule is CC(C)(C)c1nc(-c2ccc(Cl)cc2)c(-c2ccc(Cl)cc2)nc1C(=O)NC1CCC(F)(F)CC1. The number of nitrogens with one attached hydrogen (secondary N) is 1. The van der Waals surface area contributed by atoms with E-state index < -0.39 is 17.2 Å². The fraction of sp³-hybridized carbons (Fsp3) is 0.370.